The first kappa shape index (κ1) is 21.5. The van der Waals surface area contributed by atoms with Gasteiger partial charge in [0.15, 0.2) is 0 Å². The molecular weight excluding hydrogens is 327 g/mol. The van der Waals surface area contributed by atoms with E-state index < -0.39 is 35.3 Å². The molecule has 0 aromatic heterocycles. The van der Waals surface area contributed by atoms with Crippen LogP contribution in [0.15, 0.2) is 0 Å². The first-order valence-corrected chi connectivity index (χ1v) is 8.14. The fourth-order valence-electron chi connectivity index (χ4n) is 1.56. The van der Waals surface area contributed by atoms with Crippen molar-refractivity contribution in [2.45, 2.75) is 76.3 Å². The summed E-state index contributed by atoms with van der Waals surface area (Å²) in [7, 11) is 0. The van der Waals surface area contributed by atoms with E-state index in [2.05, 4.69) is 0 Å². The molecule has 0 aromatic carbocycles. The fraction of sp³-hybridized carbons (Fsp3) is 0.929. The summed E-state index contributed by atoms with van der Waals surface area (Å²) in [6.07, 6.45) is -5.92. The molecule has 0 aliphatic rings. The van der Waals surface area contributed by atoms with Gasteiger partial charge < -0.3 is 4.74 Å². The highest BCUT2D eigenvalue weighted by atomic mass is 32.2. The Hall–Kier alpha value is -0.530. The van der Waals surface area contributed by atoms with Crippen LogP contribution < -0.4 is 0 Å². The zero-order valence-corrected chi connectivity index (χ0v) is 14.0. The van der Waals surface area contributed by atoms with Gasteiger partial charge in [0.2, 0.25) is 0 Å². The molecule has 0 saturated heterocycles. The van der Waals surface area contributed by atoms with Gasteiger partial charge in [-0.2, -0.15) is 22.0 Å². The molecule has 0 amide bonds. The Morgan fingerprint density at radius 2 is 1.68 bits per heavy atom. The van der Waals surface area contributed by atoms with Gasteiger partial charge in [0, 0.05) is 6.42 Å². The molecule has 8 heteroatoms. The van der Waals surface area contributed by atoms with Crippen LogP contribution in [0, 0.1) is 0 Å². The summed E-state index contributed by atoms with van der Waals surface area (Å²) in [4.78, 5) is 11.9. The van der Waals surface area contributed by atoms with Gasteiger partial charge >= 0.3 is 18.1 Å². The lowest BCUT2D eigenvalue weighted by Crippen LogP contribution is -2.36. The number of thioether (sulfide) groups is 1. The van der Waals surface area contributed by atoms with Gasteiger partial charge in [-0.25, -0.2) is 0 Å². The molecule has 0 aromatic rings. The van der Waals surface area contributed by atoms with Crippen LogP contribution in [0.2, 0.25) is 0 Å². The Labute approximate surface area is 132 Å². The van der Waals surface area contributed by atoms with Gasteiger partial charge in [-0.3, -0.25) is 4.79 Å². The van der Waals surface area contributed by atoms with Crippen molar-refractivity contribution in [3.05, 3.63) is 0 Å². The number of carbonyl (C=O) groups excluding carboxylic acids is 1. The normalized spacial score (nSPS) is 14.8. The summed E-state index contributed by atoms with van der Waals surface area (Å²) in [5.74, 6) is -5.09. The summed E-state index contributed by atoms with van der Waals surface area (Å²) in [5, 5.41) is -0.538. The Morgan fingerprint density at radius 1 is 1.14 bits per heavy atom. The summed E-state index contributed by atoms with van der Waals surface area (Å²) in [5.41, 5.74) is -0.660. The Morgan fingerprint density at radius 3 is 2.09 bits per heavy atom. The Bertz CT molecular complexity index is 350. The second-order valence-corrected chi connectivity index (χ2v) is 7.30. The molecular formula is C14H23F5O2S. The van der Waals surface area contributed by atoms with E-state index in [-0.39, 0.29) is 12.2 Å². The third kappa shape index (κ3) is 8.19. The van der Waals surface area contributed by atoms with Crippen LogP contribution >= 0.6 is 11.8 Å². The van der Waals surface area contributed by atoms with Gasteiger partial charge in [0.25, 0.3) is 0 Å². The summed E-state index contributed by atoms with van der Waals surface area (Å²) < 4.78 is 66.8. The number of rotatable bonds is 8. The lowest BCUT2D eigenvalue weighted by molar-refractivity contribution is -0.284. The lowest BCUT2D eigenvalue weighted by Gasteiger charge is -2.24. The van der Waals surface area contributed by atoms with E-state index in [1.54, 1.807) is 20.8 Å². The second kappa shape index (κ2) is 8.36. The third-order valence-corrected chi connectivity index (χ3v) is 3.94. The molecule has 0 aliphatic carbocycles. The van der Waals surface area contributed by atoms with Crippen molar-refractivity contribution in [3.8, 4) is 0 Å². The Kier molecular flexibility index (Phi) is 8.16. The predicted molar refractivity (Wildman–Crippen MR) is 77.2 cm³/mol. The predicted octanol–water partition coefficient (Wildman–Crippen LogP) is 5.21. The molecule has 1 unspecified atom stereocenters. The number of carbonyl (C=O) groups is 1. The molecule has 0 N–H and O–H groups in total. The van der Waals surface area contributed by atoms with E-state index in [0.29, 0.717) is 12.8 Å². The Balaban J connectivity index is 4.36. The molecule has 0 saturated carbocycles. The molecule has 0 fully saturated rings. The lowest BCUT2D eigenvalue weighted by atomic mass is 10.2. The van der Waals surface area contributed by atoms with Crippen molar-refractivity contribution < 1.29 is 31.5 Å². The monoisotopic (exact) mass is 350 g/mol. The van der Waals surface area contributed by atoms with Crippen LogP contribution in [-0.2, 0) is 9.53 Å². The fourth-order valence-corrected chi connectivity index (χ4v) is 2.74. The highest BCUT2D eigenvalue weighted by molar-refractivity contribution is 8.00. The van der Waals surface area contributed by atoms with E-state index >= 15 is 0 Å². The quantitative estimate of drug-likeness (QED) is 0.342. The number of alkyl halides is 5. The van der Waals surface area contributed by atoms with E-state index in [1.807, 2.05) is 6.92 Å². The minimum absolute atomic E-state index is 0.0512. The number of hydrogen-bond donors (Lipinski definition) is 0. The average Bonchev–Trinajstić information content (AvgIpc) is 2.29. The van der Waals surface area contributed by atoms with Gasteiger partial charge in [-0.15, -0.1) is 11.8 Å². The highest BCUT2D eigenvalue weighted by Crippen LogP contribution is 2.39. The van der Waals surface area contributed by atoms with Crippen LogP contribution in [0.25, 0.3) is 0 Å². The highest BCUT2D eigenvalue weighted by Gasteiger charge is 2.56. The van der Waals surface area contributed by atoms with E-state index in [0.717, 1.165) is 11.8 Å². The average molecular weight is 350 g/mol. The van der Waals surface area contributed by atoms with Crippen molar-refractivity contribution in [1.29, 1.82) is 0 Å². The van der Waals surface area contributed by atoms with Gasteiger partial charge in [-0.1, -0.05) is 13.3 Å². The van der Waals surface area contributed by atoms with Crippen molar-refractivity contribution in [1.82, 2.24) is 0 Å². The molecule has 132 valence electrons. The van der Waals surface area contributed by atoms with Gasteiger partial charge in [-0.05, 0) is 39.4 Å². The van der Waals surface area contributed by atoms with Crippen molar-refractivity contribution in [2.75, 3.05) is 5.75 Å². The smallest absolute Gasteiger partial charge is 0.453 e. The van der Waals surface area contributed by atoms with Crippen LogP contribution in [0.4, 0.5) is 22.0 Å². The maximum Gasteiger partial charge on any atom is 0.453 e. The number of esters is 1. The third-order valence-electron chi connectivity index (χ3n) is 2.59. The first-order chi connectivity index (χ1) is 9.80. The van der Waals surface area contributed by atoms with Crippen molar-refractivity contribution in [2.24, 2.45) is 0 Å². The van der Waals surface area contributed by atoms with Crippen LogP contribution in [0.5, 0.6) is 0 Å². The van der Waals surface area contributed by atoms with E-state index in [9.17, 15) is 26.7 Å². The molecule has 0 aliphatic heterocycles. The summed E-state index contributed by atoms with van der Waals surface area (Å²) in [6, 6.07) is 0. The number of halogens is 5. The zero-order valence-electron chi connectivity index (χ0n) is 13.2. The second-order valence-electron chi connectivity index (χ2n) is 5.99. The van der Waals surface area contributed by atoms with Gasteiger partial charge in [0.05, 0.1) is 0 Å². The molecule has 0 rings (SSSR count). The number of hydrogen-bond acceptors (Lipinski definition) is 3. The van der Waals surface area contributed by atoms with Gasteiger partial charge in [0.1, 0.15) is 10.9 Å². The minimum Gasteiger partial charge on any atom is -0.459 e. The van der Waals surface area contributed by atoms with E-state index in [4.69, 9.17) is 4.74 Å². The standard InChI is InChI=1S/C14H23F5O2S/c1-5-7-10(11(20)21-12(2,3)4)22-9-6-8-13(15,16)14(17,18)19/h10H,5-9H2,1-4H3. The zero-order chi connectivity index (χ0) is 17.6. The van der Waals surface area contributed by atoms with E-state index in [1.165, 1.54) is 0 Å². The largest absolute Gasteiger partial charge is 0.459 e. The van der Waals surface area contributed by atoms with Crippen LogP contribution in [-0.4, -0.2) is 34.7 Å². The summed E-state index contributed by atoms with van der Waals surface area (Å²) >= 11 is 1.07. The van der Waals surface area contributed by atoms with Crippen molar-refractivity contribution in [3.63, 3.8) is 0 Å². The first-order valence-electron chi connectivity index (χ1n) is 7.09. The molecule has 0 radical (unpaired) electrons. The minimum atomic E-state index is -5.52. The maximum atomic E-state index is 12.8. The summed E-state index contributed by atoms with van der Waals surface area (Å²) in [6.45, 7) is 6.99. The molecule has 2 nitrogen and oxygen atoms in total. The number of ether oxygens (including phenoxy) is 1. The van der Waals surface area contributed by atoms with Crippen LogP contribution in [0.3, 0.4) is 0 Å². The molecule has 0 heterocycles. The van der Waals surface area contributed by atoms with Crippen molar-refractivity contribution >= 4 is 17.7 Å². The molecule has 1 atom stereocenters. The van der Waals surface area contributed by atoms with Crippen LogP contribution in [0.1, 0.15) is 53.4 Å². The SMILES string of the molecule is CCCC(SCCCC(F)(F)C(F)(F)F)C(=O)OC(C)(C)C. The topological polar surface area (TPSA) is 26.3 Å². The maximum absolute atomic E-state index is 12.8. The molecule has 0 bridgehead atoms. The molecule has 22 heavy (non-hydrogen) atoms. The molecule has 0 spiro atoms.